The molecule has 2 atom stereocenters. The summed E-state index contributed by atoms with van der Waals surface area (Å²) < 4.78 is 23.7. The van der Waals surface area contributed by atoms with Gasteiger partial charge in [-0.1, -0.05) is 12.1 Å². The summed E-state index contributed by atoms with van der Waals surface area (Å²) in [6.45, 7) is 3.74. The van der Waals surface area contributed by atoms with Crippen LogP contribution < -0.4 is 5.32 Å². The molecule has 25 heavy (non-hydrogen) atoms. The third-order valence-electron chi connectivity index (χ3n) is 3.85. The molecule has 1 aliphatic rings. The van der Waals surface area contributed by atoms with E-state index in [1.165, 1.54) is 19.2 Å². The monoisotopic (exact) mass is 465 g/mol. The minimum atomic E-state index is -0.266. The zero-order chi connectivity index (χ0) is 17.5. The Hall–Kier alpha value is -1.42. The number of benzene rings is 1. The number of halogens is 2. The van der Waals surface area contributed by atoms with Crippen molar-refractivity contribution >= 4 is 35.9 Å². The van der Waals surface area contributed by atoms with Crippen LogP contribution in [-0.4, -0.2) is 56.7 Å². The van der Waals surface area contributed by atoms with Crippen LogP contribution in [0.4, 0.5) is 4.39 Å². The molecule has 0 radical (unpaired) electrons. The average Bonchev–Trinajstić information content (AvgIpc) is 2.58. The first kappa shape index (κ1) is 21.6. The molecule has 2 unspecified atom stereocenters. The van der Waals surface area contributed by atoms with Crippen molar-refractivity contribution in [2.45, 2.75) is 25.6 Å². The highest BCUT2D eigenvalue weighted by Gasteiger charge is 2.28. The second-order valence-corrected chi connectivity index (χ2v) is 5.69. The number of methoxy groups -OCH3 is 1. The lowest BCUT2D eigenvalue weighted by Gasteiger charge is -2.38. The number of nitrogens with one attached hydrogen (secondary N) is 1. The highest BCUT2D eigenvalue weighted by atomic mass is 127. The topological polar surface area (TPSA) is 63.2 Å². The standard InChI is InChI=1S/C17H24FN3O3.HI/c1-12-10-21(17(19-2)20-9-8-16(22)23-3)11-15(24-12)13-4-6-14(18)7-5-13;/h4-7,12,15H,8-11H2,1-3H3,(H,19,20);1H. The van der Waals surface area contributed by atoms with E-state index in [1.54, 1.807) is 19.2 Å². The van der Waals surface area contributed by atoms with Gasteiger partial charge in [-0.3, -0.25) is 9.79 Å². The number of rotatable bonds is 4. The van der Waals surface area contributed by atoms with E-state index in [2.05, 4.69) is 19.9 Å². The van der Waals surface area contributed by atoms with Crippen LogP contribution in [-0.2, 0) is 14.3 Å². The highest BCUT2D eigenvalue weighted by Crippen LogP contribution is 2.25. The van der Waals surface area contributed by atoms with Gasteiger partial charge in [0, 0.05) is 20.1 Å². The molecule has 8 heteroatoms. The molecule has 6 nitrogen and oxygen atoms in total. The SMILES string of the molecule is CN=C(NCCC(=O)OC)N1CC(C)OC(c2ccc(F)cc2)C1.I. The summed E-state index contributed by atoms with van der Waals surface area (Å²) in [7, 11) is 3.07. The zero-order valence-electron chi connectivity index (χ0n) is 14.7. The summed E-state index contributed by atoms with van der Waals surface area (Å²) in [5, 5.41) is 3.17. The van der Waals surface area contributed by atoms with E-state index in [1.807, 2.05) is 6.92 Å². The lowest BCUT2D eigenvalue weighted by atomic mass is 10.1. The zero-order valence-corrected chi connectivity index (χ0v) is 17.0. The number of esters is 1. The van der Waals surface area contributed by atoms with Gasteiger partial charge in [0.2, 0.25) is 0 Å². The number of nitrogens with zero attached hydrogens (tertiary/aromatic N) is 2. The van der Waals surface area contributed by atoms with Crippen molar-refractivity contribution < 1.29 is 18.7 Å². The summed E-state index contributed by atoms with van der Waals surface area (Å²) in [6.07, 6.45) is 0.123. The van der Waals surface area contributed by atoms with Gasteiger partial charge in [-0.2, -0.15) is 0 Å². The van der Waals surface area contributed by atoms with Crippen molar-refractivity contribution in [2.75, 3.05) is 33.8 Å². The largest absolute Gasteiger partial charge is 0.469 e. The molecule has 0 amide bonds. The molecule has 140 valence electrons. The van der Waals surface area contributed by atoms with Crippen LogP contribution in [0.15, 0.2) is 29.3 Å². The van der Waals surface area contributed by atoms with Gasteiger partial charge in [0.05, 0.1) is 26.2 Å². The molecule has 1 aromatic carbocycles. The summed E-state index contributed by atoms with van der Waals surface area (Å²) in [5.74, 6) is 0.179. The molecule has 0 saturated carbocycles. The Morgan fingerprint density at radius 2 is 2.08 bits per heavy atom. The maximum Gasteiger partial charge on any atom is 0.307 e. The van der Waals surface area contributed by atoms with Gasteiger partial charge in [-0.15, -0.1) is 24.0 Å². The number of guanidine groups is 1. The van der Waals surface area contributed by atoms with E-state index < -0.39 is 0 Å². The fourth-order valence-corrected chi connectivity index (χ4v) is 2.70. The predicted molar refractivity (Wildman–Crippen MR) is 105 cm³/mol. The molecular weight excluding hydrogens is 440 g/mol. The van der Waals surface area contributed by atoms with Crippen LogP contribution in [0.25, 0.3) is 0 Å². The Labute approximate surface area is 164 Å². The van der Waals surface area contributed by atoms with Crippen molar-refractivity contribution in [3.05, 3.63) is 35.6 Å². The van der Waals surface area contributed by atoms with Gasteiger partial charge in [0.25, 0.3) is 0 Å². The second-order valence-electron chi connectivity index (χ2n) is 5.69. The molecule has 0 bridgehead atoms. The summed E-state index contributed by atoms with van der Waals surface area (Å²) in [4.78, 5) is 17.6. The van der Waals surface area contributed by atoms with Gasteiger partial charge in [0.15, 0.2) is 5.96 Å². The van der Waals surface area contributed by atoms with Gasteiger partial charge < -0.3 is 19.7 Å². The van der Waals surface area contributed by atoms with Gasteiger partial charge >= 0.3 is 5.97 Å². The van der Waals surface area contributed by atoms with E-state index in [4.69, 9.17) is 4.74 Å². The molecule has 0 spiro atoms. The van der Waals surface area contributed by atoms with Gasteiger partial charge in [-0.25, -0.2) is 4.39 Å². The maximum absolute atomic E-state index is 13.1. The highest BCUT2D eigenvalue weighted by molar-refractivity contribution is 14.0. The van der Waals surface area contributed by atoms with Crippen LogP contribution in [0.1, 0.15) is 25.0 Å². The Bertz CT molecular complexity index is 583. The third-order valence-corrected chi connectivity index (χ3v) is 3.85. The van der Waals surface area contributed by atoms with Gasteiger partial charge in [-0.05, 0) is 24.6 Å². The summed E-state index contributed by atoms with van der Waals surface area (Å²) in [6, 6.07) is 6.35. The van der Waals surface area contributed by atoms with E-state index >= 15 is 0 Å². The summed E-state index contributed by atoms with van der Waals surface area (Å²) >= 11 is 0. The van der Waals surface area contributed by atoms with E-state index in [9.17, 15) is 9.18 Å². The fourth-order valence-electron chi connectivity index (χ4n) is 2.70. The van der Waals surface area contributed by atoms with Crippen molar-refractivity contribution in [3.8, 4) is 0 Å². The molecule has 1 fully saturated rings. The summed E-state index contributed by atoms with van der Waals surface area (Å²) in [5.41, 5.74) is 0.929. The smallest absolute Gasteiger partial charge is 0.307 e. The maximum atomic E-state index is 13.1. The number of aliphatic imine (C=N–C) groups is 1. The van der Waals surface area contributed by atoms with Crippen molar-refractivity contribution in [1.29, 1.82) is 0 Å². The minimum Gasteiger partial charge on any atom is -0.469 e. The number of carbonyl (C=O) groups is 1. The van der Waals surface area contributed by atoms with Crippen LogP contribution in [0.2, 0.25) is 0 Å². The number of morpholine rings is 1. The van der Waals surface area contributed by atoms with Crippen LogP contribution in [0, 0.1) is 5.82 Å². The molecular formula is C17H25FIN3O3. The first-order valence-corrected chi connectivity index (χ1v) is 7.96. The third kappa shape index (κ3) is 6.43. The molecule has 1 N–H and O–H groups in total. The minimum absolute atomic E-state index is 0. The molecule has 0 aromatic heterocycles. The van der Waals surface area contributed by atoms with E-state index in [-0.39, 0.29) is 54.4 Å². The second kappa shape index (κ2) is 10.5. The van der Waals surface area contributed by atoms with E-state index in [0.29, 0.717) is 25.6 Å². The normalized spacial score (nSPS) is 20.6. The molecule has 1 aromatic rings. The molecule has 1 heterocycles. The first-order valence-electron chi connectivity index (χ1n) is 7.96. The number of hydrogen-bond donors (Lipinski definition) is 1. The average molecular weight is 465 g/mol. The Morgan fingerprint density at radius 1 is 1.40 bits per heavy atom. The Balaban J connectivity index is 0.00000312. The number of carbonyl (C=O) groups excluding carboxylic acids is 1. The van der Waals surface area contributed by atoms with Crippen molar-refractivity contribution in [3.63, 3.8) is 0 Å². The van der Waals surface area contributed by atoms with Crippen molar-refractivity contribution in [2.24, 2.45) is 4.99 Å². The van der Waals surface area contributed by atoms with Crippen LogP contribution in [0.3, 0.4) is 0 Å². The van der Waals surface area contributed by atoms with Crippen LogP contribution in [0.5, 0.6) is 0 Å². The first-order chi connectivity index (χ1) is 11.5. The number of ether oxygens (including phenoxy) is 2. The quantitative estimate of drug-likeness (QED) is 0.320. The molecule has 2 rings (SSSR count). The van der Waals surface area contributed by atoms with Gasteiger partial charge in [0.1, 0.15) is 11.9 Å². The predicted octanol–water partition coefficient (Wildman–Crippen LogP) is 2.34. The lowest BCUT2D eigenvalue weighted by Crippen LogP contribution is -2.51. The van der Waals surface area contributed by atoms with Crippen LogP contribution >= 0.6 is 24.0 Å². The molecule has 0 aliphatic carbocycles. The Kier molecular flexibility index (Phi) is 9.12. The number of hydrogen-bond acceptors (Lipinski definition) is 4. The lowest BCUT2D eigenvalue weighted by molar-refractivity contribution is -0.140. The van der Waals surface area contributed by atoms with E-state index in [0.717, 1.165) is 5.56 Å². The molecule has 1 saturated heterocycles. The molecule has 1 aliphatic heterocycles. The Morgan fingerprint density at radius 3 is 2.68 bits per heavy atom. The van der Waals surface area contributed by atoms with Crippen molar-refractivity contribution in [1.82, 2.24) is 10.2 Å². The fraction of sp³-hybridized carbons (Fsp3) is 0.529.